The molecule has 0 spiro atoms. The summed E-state index contributed by atoms with van der Waals surface area (Å²) in [5.41, 5.74) is -0.467. The van der Waals surface area contributed by atoms with Gasteiger partial charge in [0.2, 0.25) is 0 Å². The van der Waals surface area contributed by atoms with Crippen LogP contribution >= 0.6 is 0 Å². The molecule has 0 heterocycles. The van der Waals surface area contributed by atoms with Gasteiger partial charge in [0.1, 0.15) is 5.60 Å². The molecule has 0 aromatic rings. The molecule has 3 N–H and O–H groups in total. The molecule has 112 valence electrons. The minimum absolute atomic E-state index is 0.366. The number of carbonyl (C=O) groups excluding carboxylic acids is 1. The number of nitrogens with one attached hydrogen (secondary N) is 3. The molecule has 0 radical (unpaired) electrons. The van der Waals surface area contributed by atoms with E-state index in [-0.39, 0.29) is 0 Å². The molecule has 0 aliphatic rings. The third-order valence-corrected chi connectivity index (χ3v) is 2.30. The predicted octanol–water partition coefficient (Wildman–Crippen LogP) is 1.47. The first kappa shape index (κ1) is 17.5. The molecule has 0 saturated carbocycles. The maximum Gasteiger partial charge on any atom is 0.407 e. The number of alkyl carbamates (subject to hydrolysis) is 1. The molecule has 1 atom stereocenters. The van der Waals surface area contributed by atoms with Crippen LogP contribution in [0.5, 0.6) is 0 Å². The van der Waals surface area contributed by atoms with Gasteiger partial charge in [0.25, 0.3) is 0 Å². The second-order valence-corrected chi connectivity index (χ2v) is 5.38. The third kappa shape index (κ3) is 10.2. The summed E-state index contributed by atoms with van der Waals surface area (Å²) >= 11 is 0. The molecule has 0 rings (SSSR count). The van der Waals surface area contributed by atoms with Gasteiger partial charge < -0.3 is 20.7 Å². The Labute approximate surface area is 116 Å². The second-order valence-electron chi connectivity index (χ2n) is 5.38. The van der Waals surface area contributed by atoms with Crippen molar-refractivity contribution in [1.82, 2.24) is 16.0 Å². The number of aliphatic imine (C=N–C) groups is 1. The van der Waals surface area contributed by atoms with E-state index in [1.165, 1.54) is 0 Å². The Kier molecular flexibility index (Phi) is 7.95. The molecule has 0 aromatic carbocycles. The lowest BCUT2D eigenvalue weighted by molar-refractivity contribution is 0.0529. The molecule has 0 aromatic heterocycles. The van der Waals surface area contributed by atoms with Crippen molar-refractivity contribution in [3.63, 3.8) is 0 Å². The maximum absolute atomic E-state index is 11.4. The number of rotatable bonds is 5. The number of hydrogen-bond donors (Lipinski definition) is 3. The van der Waals surface area contributed by atoms with Crippen molar-refractivity contribution in [1.29, 1.82) is 0 Å². The van der Waals surface area contributed by atoms with Gasteiger partial charge in [-0.2, -0.15) is 0 Å². The topological polar surface area (TPSA) is 74.8 Å². The van der Waals surface area contributed by atoms with Crippen LogP contribution in [0.1, 0.15) is 41.0 Å². The van der Waals surface area contributed by atoms with Crippen LogP contribution < -0.4 is 16.0 Å². The normalized spacial score (nSPS) is 13.7. The highest BCUT2D eigenvalue weighted by Crippen LogP contribution is 2.05. The summed E-state index contributed by atoms with van der Waals surface area (Å²) in [4.78, 5) is 15.5. The summed E-state index contributed by atoms with van der Waals surface area (Å²) in [5.74, 6) is 0.736. The number of ether oxygens (including phenoxy) is 1. The maximum atomic E-state index is 11.4. The lowest BCUT2D eigenvalue weighted by Crippen LogP contribution is -2.45. The Morgan fingerprint density at radius 1 is 1.26 bits per heavy atom. The Morgan fingerprint density at radius 3 is 2.32 bits per heavy atom. The number of hydrogen-bond acceptors (Lipinski definition) is 3. The van der Waals surface area contributed by atoms with Crippen LogP contribution in [-0.2, 0) is 4.74 Å². The molecule has 6 nitrogen and oxygen atoms in total. The third-order valence-electron chi connectivity index (χ3n) is 2.30. The fourth-order valence-electron chi connectivity index (χ4n) is 1.19. The smallest absolute Gasteiger partial charge is 0.407 e. The minimum Gasteiger partial charge on any atom is -0.444 e. The lowest BCUT2D eigenvalue weighted by atomic mass is 10.2. The van der Waals surface area contributed by atoms with Crippen molar-refractivity contribution < 1.29 is 9.53 Å². The van der Waals surface area contributed by atoms with Gasteiger partial charge >= 0.3 is 6.09 Å². The van der Waals surface area contributed by atoms with Gasteiger partial charge in [-0.3, -0.25) is 4.99 Å². The first-order valence-electron chi connectivity index (χ1n) is 6.72. The van der Waals surface area contributed by atoms with E-state index >= 15 is 0 Å². The van der Waals surface area contributed by atoms with Crippen LogP contribution in [-0.4, -0.2) is 43.8 Å². The molecular formula is C13H28N4O2. The van der Waals surface area contributed by atoms with Crippen LogP contribution in [0.4, 0.5) is 4.79 Å². The van der Waals surface area contributed by atoms with Crippen LogP contribution in [0.25, 0.3) is 0 Å². The first-order chi connectivity index (χ1) is 8.78. The zero-order chi connectivity index (χ0) is 14.9. The van der Waals surface area contributed by atoms with Crippen molar-refractivity contribution in [2.45, 2.75) is 52.7 Å². The number of carbonyl (C=O) groups is 1. The molecular weight excluding hydrogens is 244 g/mol. The average Bonchev–Trinajstić information content (AvgIpc) is 2.30. The van der Waals surface area contributed by atoms with Crippen molar-refractivity contribution in [2.75, 3.05) is 20.1 Å². The van der Waals surface area contributed by atoms with Crippen LogP contribution in [0.2, 0.25) is 0 Å². The largest absolute Gasteiger partial charge is 0.444 e. The number of guanidine groups is 1. The number of amides is 1. The van der Waals surface area contributed by atoms with E-state index < -0.39 is 11.7 Å². The van der Waals surface area contributed by atoms with Crippen LogP contribution in [0.3, 0.4) is 0 Å². The minimum atomic E-state index is -0.467. The SMILES string of the molecule is CCC(C)NC(=NC)NCCNC(=O)OC(C)(C)C. The molecule has 1 unspecified atom stereocenters. The van der Waals surface area contributed by atoms with E-state index in [1.54, 1.807) is 7.05 Å². The van der Waals surface area contributed by atoms with Crippen molar-refractivity contribution >= 4 is 12.1 Å². The molecule has 0 aliphatic heterocycles. The van der Waals surface area contributed by atoms with E-state index in [9.17, 15) is 4.79 Å². The molecule has 0 fully saturated rings. The van der Waals surface area contributed by atoms with Crippen LogP contribution in [0.15, 0.2) is 4.99 Å². The first-order valence-corrected chi connectivity index (χ1v) is 6.72. The van der Waals surface area contributed by atoms with Gasteiger partial charge in [-0.15, -0.1) is 0 Å². The van der Waals surface area contributed by atoms with Gasteiger partial charge in [0.15, 0.2) is 5.96 Å². The average molecular weight is 272 g/mol. The fourth-order valence-corrected chi connectivity index (χ4v) is 1.19. The zero-order valence-corrected chi connectivity index (χ0v) is 13.0. The van der Waals surface area contributed by atoms with Crippen LogP contribution in [0, 0.1) is 0 Å². The molecule has 0 aliphatic carbocycles. The predicted molar refractivity (Wildman–Crippen MR) is 78.5 cm³/mol. The summed E-state index contributed by atoms with van der Waals surface area (Å²) < 4.78 is 5.13. The monoisotopic (exact) mass is 272 g/mol. The number of nitrogens with zero attached hydrogens (tertiary/aromatic N) is 1. The summed E-state index contributed by atoms with van der Waals surface area (Å²) in [6.45, 7) is 10.8. The highest BCUT2D eigenvalue weighted by Gasteiger charge is 2.15. The van der Waals surface area contributed by atoms with Gasteiger partial charge in [-0.1, -0.05) is 6.92 Å². The van der Waals surface area contributed by atoms with E-state index in [0.717, 1.165) is 12.4 Å². The van der Waals surface area contributed by atoms with Gasteiger partial charge in [-0.05, 0) is 34.1 Å². The quantitative estimate of drug-likeness (QED) is 0.402. The van der Waals surface area contributed by atoms with E-state index in [1.807, 2.05) is 20.8 Å². The standard InChI is InChI=1S/C13H28N4O2/c1-7-10(2)17-11(14-6)15-8-9-16-12(18)19-13(3,4)5/h10H,7-9H2,1-6H3,(H,16,18)(H2,14,15,17). The summed E-state index contributed by atoms with van der Waals surface area (Å²) in [6, 6.07) is 0.366. The zero-order valence-electron chi connectivity index (χ0n) is 13.0. The van der Waals surface area contributed by atoms with Gasteiger partial charge in [0.05, 0.1) is 0 Å². The van der Waals surface area contributed by atoms with E-state index in [2.05, 4.69) is 34.8 Å². The molecule has 6 heteroatoms. The van der Waals surface area contributed by atoms with Crippen molar-refractivity contribution in [2.24, 2.45) is 4.99 Å². The van der Waals surface area contributed by atoms with E-state index in [4.69, 9.17) is 4.74 Å². The van der Waals surface area contributed by atoms with Gasteiger partial charge in [-0.25, -0.2) is 4.79 Å². The van der Waals surface area contributed by atoms with E-state index in [0.29, 0.717) is 19.1 Å². The second kappa shape index (κ2) is 8.61. The molecule has 19 heavy (non-hydrogen) atoms. The highest BCUT2D eigenvalue weighted by molar-refractivity contribution is 5.79. The Morgan fingerprint density at radius 2 is 1.84 bits per heavy atom. The highest BCUT2D eigenvalue weighted by atomic mass is 16.6. The Hall–Kier alpha value is -1.46. The lowest BCUT2D eigenvalue weighted by Gasteiger charge is -2.20. The van der Waals surface area contributed by atoms with Crippen molar-refractivity contribution in [3.05, 3.63) is 0 Å². The van der Waals surface area contributed by atoms with Gasteiger partial charge in [0, 0.05) is 26.2 Å². The summed E-state index contributed by atoms with van der Waals surface area (Å²) in [7, 11) is 1.72. The molecule has 0 bridgehead atoms. The van der Waals surface area contributed by atoms with Crippen molar-refractivity contribution in [3.8, 4) is 0 Å². The summed E-state index contributed by atoms with van der Waals surface area (Å²) in [5, 5.41) is 9.04. The molecule has 0 saturated heterocycles. The fraction of sp³-hybridized carbons (Fsp3) is 0.846. The molecule has 1 amide bonds. The summed E-state index contributed by atoms with van der Waals surface area (Å²) in [6.07, 6.45) is 0.621. The Balaban J connectivity index is 3.81. The Bertz CT molecular complexity index is 298.